The molecule has 0 unspecified atom stereocenters. The molecule has 0 spiro atoms. The molecule has 0 bridgehead atoms. The minimum absolute atomic E-state index is 0.0915. The zero-order valence-corrected chi connectivity index (χ0v) is 16.6. The molecule has 6 heteroatoms. The molecule has 1 N–H and O–H groups in total. The number of anilines is 1. The van der Waals surface area contributed by atoms with E-state index in [9.17, 15) is 9.59 Å². The van der Waals surface area contributed by atoms with Crippen LogP contribution in [0, 0.1) is 0 Å². The monoisotopic (exact) mass is 419 g/mol. The van der Waals surface area contributed by atoms with Gasteiger partial charge in [0, 0.05) is 10.2 Å². The molecule has 138 valence electrons. The van der Waals surface area contributed by atoms with Crippen LogP contribution in [0.3, 0.4) is 0 Å². The molecule has 26 heavy (non-hydrogen) atoms. The Labute approximate surface area is 161 Å². The number of ether oxygens (including phenoxy) is 2. The van der Waals surface area contributed by atoms with Crippen molar-refractivity contribution in [3.63, 3.8) is 0 Å². The van der Waals surface area contributed by atoms with E-state index in [2.05, 4.69) is 21.2 Å². The normalized spacial score (nSPS) is 10.5. The van der Waals surface area contributed by atoms with Gasteiger partial charge in [0.2, 0.25) is 0 Å². The van der Waals surface area contributed by atoms with Crippen LogP contribution in [0.2, 0.25) is 0 Å². The number of aryl methyl sites for hydroxylation is 1. The highest BCUT2D eigenvalue weighted by Gasteiger charge is 2.10. The first-order valence-electron chi connectivity index (χ1n) is 8.41. The van der Waals surface area contributed by atoms with Gasteiger partial charge >= 0.3 is 5.97 Å². The molecule has 1 amide bonds. The summed E-state index contributed by atoms with van der Waals surface area (Å²) in [6.45, 7) is 5.52. The number of carbonyl (C=O) groups excluding carboxylic acids is 2. The van der Waals surface area contributed by atoms with Crippen LogP contribution in [0.25, 0.3) is 0 Å². The van der Waals surface area contributed by atoms with Gasteiger partial charge in [0.25, 0.3) is 5.91 Å². The van der Waals surface area contributed by atoms with Crippen molar-refractivity contribution < 1.29 is 19.1 Å². The third kappa shape index (κ3) is 5.88. The van der Waals surface area contributed by atoms with E-state index >= 15 is 0 Å². The first-order valence-corrected chi connectivity index (χ1v) is 9.20. The van der Waals surface area contributed by atoms with Gasteiger partial charge in [-0.05, 0) is 68.3 Å². The maximum Gasteiger partial charge on any atom is 0.338 e. The number of hydrogen-bond donors (Lipinski definition) is 1. The topological polar surface area (TPSA) is 64.6 Å². The molecule has 5 nitrogen and oxygen atoms in total. The Bertz CT molecular complexity index is 772. The lowest BCUT2D eigenvalue weighted by Gasteiger charge is -2.11. The Morgan fingerprint density at radius 3 is 2.42 bits per heavy atom. The SMILES string of the molecule is CCc1cc(Br)ccc1OCC(=O)Nc1ccc(C(=O)OC(C)C)cc1. The van der Waals surface area contributed by atoms with E-state index in [-0.39, 0.29) is 24.6 Å². The molecule has 0 aliphatic heterocycles. The van der Waals surface area contributed by atoms with Crippen LogP contribution in [-0.4, -0.2) is 24.6 Å². The molecule has 0 aromatic heterocycles. The number of hydrogen-bond acceptors (Lipinski definition) is 4. The average molecular weight is 420 g/mol. The molecule has 2 rings (SSSR count). The maximum atomic E-state index is 12.1. The maximum absolute atomic E-state index is 12.1. The van der Waals surface area contributed by atoms with Crippen LogP contribution in [0.4, 0.5) is 5.69 Å². The second kappa shape index (κ2) is 9.38. The van der Waals surface area contributed by atoms with Gasteiger partial charge in [-0.3, -0.25) is 4.79 Å². The molecular weight excluding hydrogens is 398 g/mol. The number of benzene rings is 2. The Morgan fingerprint density at radius 2 is 1.81 bits per heavy atom. The summed E-state index contributed by atoms with van der Waals surface area (Å²) in [7, 11) is 0. The van der Waals surface area contributed by atoms with Gasteiger partial charge in [0.15, 0.2) is 6.61 Å². The van der Waals surface area contributed by atoms with Crippen LogP contribution in [-0.2, 0) is 16.0 Å². The quantitative estimate of drug-likeness (QED) is 0.666. The molecule has 0 heterocycles. The molecule has 0 fully saturated rings. The zero-order valence-electron chi connectivity index (χ0n) is 15.0. The van der Waals surface area contributed by atoms with Crippen molar-refractivity contribution >= 4 is 33.5 Å². The summed E-state index contributed by atoms with van der Waals surface area (Å²) in [6.07, 6.45) is 0.635. The number of rotatable bonds is 7. The molecule has 2 aromatic carbocycles. The summed E-state index contributed by atoms with van der Waals surface area (Å²) >= 11 is 3.42. The van der Waals surface area contributed by atoms with E-state index in [1.54, 1.807) is 38.1 Å². The van der Waals surface area contributed by atoms with Crippen molar-refractivity contribution in [3.8, 4) is 5.75 Å². The van der Waals surface area contributed by atoms with Crippen molar-refractivity contribution in [3.05, 3.63) is 58.1 Å². The summed E-state index contributed by atoms with van der Waals surface area (Å²) in [5.41, 5.74) is 2.06. The van der Waals surface area contributed by atoms with E-state index in [1.807, 2.05) is 25.1 Å². The van der Waals surface area contributed by atoms with E-state index in [4.69, 9.17) is 9.47 Å². The average Bonchev–Trinajstić information content (AvgIpc) is 2.60. The largest absolute Gasteiger partial charge is 0.483 e. The third-order valence-corrected chi connectivity index (χ3v) is 4.00. The fraction of sp³-hybridized carbons (Fsp3) is 0.300. The Kier molecular flexibility index (Phi) is 7.21. The van der Waals surface area contributed by atoms with Crippen molar-refractivity contribution in [2.24, 2.45) is 0 Å². The third-order valence-electron chi connectivity index (χ3n) is 3.51. The highest BCUT2D eigenvalue weighted by Crippen LogP contribution is 2.23. The summed E-state index contributed by atoms with van der Waals surface area (Å²) in [5.74, 6) is 0.0358. The van der Waals surface area contributed by atoms with Crippen molar-refractivity contribution in [2.75, 3.05) is 11.9 Å². The van der Waals surface area contributed by atoms with Crippen molar-refractivity contribution in [1.29, 1.82) is 0 Å². The molecular formula is C20H22BrNO4. The number of halogens is 1. The van der Waals surface area contributed by atoms with Gasteiger partial charge in [0.05, 0.1) is 11.7 Å². The van der Waals surface area contributed by atoms with Crippen LogP contribution in [0.1, 0.15) is 36.7 Å². The summed E-state index contributed by atoms with van der Waals surface area (Å²) in [6, 6.07) is 12.2. The first kappa shape index (κ1) is 20.0. The first-order chi connectivity index (χ1) is 12.4. The van der Waals surface area contributed by atoms with Crippen LogP contribution >= 0.6 is 15.9 Å². The van der Waals surface area contributed by atoms with Gasteiger partial charge in [-0.2, -0.15) is 0 Å². The van der Waals surface area contributed by atoms with Gasteiger partial charge in [-0.25, -0.2) is 4.79 Å². The van der Waals surface area contributed by atoms with E-state index in [1.165, 1.54) is 0 Å². The van der Waals surface area contributed by atoms with E-state index in [0.717, 1.165) is 16.5 Å². The Morgan fingerprint density at radius 1 is 1.12 bits per heavy atom. The Hall–Kier alpha value is -2.34. The van der Waals surface area contributed by atoms with Gasteiger partial charge in [-0.15, -0.1) is 0 Å². The predicted octanol–water partition coefficient (Wildman–Crippen LogP) is 4.59. The number of carbonyl (C=O) groups is 2. The lowest BCUT2D eigenvalue weighted by Crippen LogP contribution is -2.20. The molecule has 0 atom stereocenters. The summed E-state index contributed by atoms with van der Waals surface area (Å²) in [4.78, 5) is 23.9. The minimum Gasteiger partial charge on any atom is -0.483 e. The highest BCUT2D eigenvalue weighted by atomic mass is 79.9. The molecule has 2 aromatic rings. The standard InChI is InChI=1S/C20H22BrNO4/c1-4-14-11-16(21)7-10-18(14)25-12-19(23)22-17-8-5-15(6-9-17)20(24)26-13(2)3/h5-11,13H,4,12H2,1-3H3,(H,22,23). The fourth-order valence-electron chi connectivity index (χ4n) is 2.28. The van der Waals surface area contributed by atoms with Gasteiger partial charge in [-0.1, -0.05) is 22.9 Å². The van der Waals surface area contributed by atoms with Crippen LogP contribution in [0.5, 0.6) is 5.75 Å². The summed E-state index contributed by atoms with van der Waals surface area (Å²) in [5, 5.41) is 2.74. The number of nitrogens with one attached hydrogen (secondary N) is 1. The highest BCUT2D eigenvalue weighted by molar-refractivity contribution is 9.10. The van der Waals surface area contributed by atoms with E-state index < -0.39 is 0 Å². The van der Waals surface area contributed by atoms with E-state index in [0.29, 0.717) is 17.0 Å². The second-order valence-corrected chi connectivity index (χ2v) is 6.89. The zero-order chi connectivity index (χ0) is 19.1. The molecule has 0 saturated heterocycles. The fourth-order valence-corrected chi connectivity index (χ4v) is 2.69. The van der Waals surface area contributed by atoms with Gasteiger partial charge in [0.1, 0.15) is 5.75 Å². The minimum atomic E-state index is -0.386. The molecule has 0 radical (unpaired) electrons. The number of esters is 1. The smallest absolute Gasteiger partial charge is 0.338 e. The van der Waals surface area contributed by atoms with Crippen molar-refractivity contribution in [2.45, 2.75) is 33.3 Å². The van der Waals surface area contributed by atoms with Crippen LogP contribution < -0.4 is 10.1 Å². The number of amides is 1. The summed E-state index contributed by atoms with van der Waals surface area (Å²) < 4.78 is 11.7. The lowest BCUT2D eigenvalue weighted by molar-refractivity contribution is -0.118. The Balaban J connectivity index is 1.91. The molecule has 0 aliphatic carbocycles. The predicted molar refractivity (Wildman–Crippen MR) is 105 cm³/mol. The molecule has 0 saturated carbocycles. The van der Waals surface area contributed by atoms with Gasteiger partial charge < -0.3 is 14.8 Å². The molecule has 0 aliphatic rings. The van der Waals surface area contributed by atoms with Crippen LogP contribution in [0.15, 0.2) is 46.9 Å². The van der Waals surface area contributed by atoms with Crippen molar-refractivity contribution in [1.82, 2.24) is 0 Å². The lowest BCUT2D eigenvalue weighted by atomic mass is 10.1. The second-order valence-electron chi connectivity index (χ2n) is 5.97.